The Bertz CT molecular complexity index is 1360. The van der Waals surface area contributed by atoms with Crippen LogP contribution in [0.3, 0.4) is 0 Å². The molecule has 0 bridgehead atoms. The lowest BCUT2D eigenvalue weighted by Gasteiger charge is -2.10. The van der Waals surface area contributed by atoms with Crippen molar-refractivity contribution in [3.8, 4) is 11.5 Å². The molecule has 0 aliphatic heterocycles. The van der Waals surface area contributed by atoms with Gasteiger partial charge in [-0.3, -0.25) is 9.36 Å². The summed E-state index contributed by atoms with van der Waals surface area (Å²) in [5.74, 6) is 2.22. The van der Waals surface area contributed by atoms with Crippen molar-refractivity contribution in [3.05, 3.63) is 90.1 Å². The van der Waals surface area contributed by atoms with Gasteiger partial charge in [-0.1, -0.05) is 24.3 Å². The molecule has 0 aliphatic rings. The first-order valence-corrected chi connectivity index (χ1v) is 10.9. The lowest BCUT2D eigenvalue weighted by Crippen LogP contribution is -2.03. The summed E-state index contributed by atoms with van der Waals surface area (Å²) >= 11 is 0. The van der Waals surface area contributed by atoms with Gasteiger partial charge in [-0.2, -0.15) is 10.2 Å². The third-order valence-electron chi connectivity index (χ3n) is 5.51. The normalized spacial score (nSPS) is 11.0. The second-order valence-corrected chi connectivity index (χ2v) is 7.88. The van der Waals surface area contributed by atoms with Gasteiger partial charge in [-0.05, 0) is 34.9 Å². The van der Waals surface area contributed by atoms with Gasteiger partial charge in [0.1, 0.15) is 23.6 Å². The number of rotatable bonds is 9. The van der Waals surface area contributed by atoms with Crippen LogP contribution in [0.4, 0.5) is 5.82 Å². The molecule has 172 valence electrons. The van der Waals surface area contributed by atoms with E-state index in [1.165, 1.54) is 11.9 Å². The third-order valence-corrected chi connectivity index (χ3v) is 5.51. The van der Waals surface area contributed by atoms with E-state index < -0.39 is 0 Å². The second-order valence-electron chi connectivity index (χ2n) is 7.88. The van der Waals surface area contributed by atoms with Crippen molar-refractivity contribution in [1.29, 1.82) is 0 Å². The smallest absolute Gasteiger partial charge is 0.186 e. The Labute approximate surface area is 197 Å². The van der Waals surface area contributed by atoms with Crippen molar-refractivity contribution >= 4 is 16.9 Å². The maximum absolute atomic E-state index is 5.36. The fourth-order valence-corrected chi connectivity index (χ4v) is 3.78. The fraction of sp³-hybridized carbons (Fsp3) is 0.200. The zero-order valence-electron chi connectivity index (χ0n) is 19.0. The summed E-state index contributed by atoms with van der Waals surface area (Å²) in [5.41, 5.74) is 4.02. The van der Waals surface area contributed by atoms with Gasteiger partial charge in [0.15, 0.2) is 5.65 Å². The monoisotopic (exact) mass is 455 g/mol. The van der Waals surface area contributed by atoms with Crippen molar-refractivity contribution < 1.29 is 9.47 Å². The van der Waals surface area contributed by atoms with Gasteiger partial charge in [-0.15, -0.1) is 0 Å². The Morgan fingerprint density at radius 1 is 0.853 bits per heavy atom. The fourth-order valence-electron chi connectivity index (χ4n) is 3.78. The van der Waals surface area contributed by atoms with Crippen LogP contribution in [0.2, 0.25) is 0 Å². The van der Waals surface area contributed by atoms with E-state index in [0.717, 1.165) is 40.4 Å². The molecule has 2 aromatic carbocycles. The third kappa shape index (κ3) is 4.83. The highest BCUT2D eigenvalue weighted by Gasteiger charge is 2.10. The average molecular weight is 456 g/mol. The minimum Gasteiger partial charge on any atom is -0.497 e. The molecule has 0 unspecified atom stereocenters. The van der Waals surface area contributed by atoms with Crippen LogP contribution in [0, 0.1) is 0 Å². The highest BCUT2D eigenvalue weighted by Crippen LogP contribution is 2.24. The summed E-state index contributed by atoms with van der Waals surface area (Å²) in [4.78, 5) is 8.77. The van der Waals surface area contributed by atoms with Crippen molar-refractivity contribution in [2.45, 2.75) is 19.6 Å². The summed E-state index contributed by atoms with van der Waals surface area (Å²) in [6.07, 6.45) is 7.25. The van der Waals surface area contributed by atoms with Crippen LogP contribution < -0.4 is 14.8 Å². The predicted molar refractivity (Wildman–Crippen MR) is 129 cm³/mol. The molecule has 9 heteroatoms. The Hall–Kier alpha value is -4.40. The van der Waals surface area contributed by atoms with Crippen LogP contribution >= 0.6 is 0 Å². The SMILES string of the molecule is COc1cc(CNc2ncnc3nn(Cc4ccc(Cn5cccn5)cc4)cc23)cc(OC)c1. The van der Waals surface area contributed by atoms with Crippen molar-refractivity contribution in [2.24, 2.45) is 0 Å². The van der Waals surface area contributed by atoms with E-state index in [4.69, 9.17) is 9.47 Å². The molecule has 0 fully saturated rings. The number of nitrogens with zero attached hydrogens (tertiary/aromatic N) is 6. The number of aromatic nitrogens is 6. The highest BCUT2D eigenvalue weighted by molar-refractivity contribution is 5.85. The number of methoxy groups -OCH3 is 2. The molecule has 5 aromatic rings. The number of ether oxygens (including phenoxy) is 2. The number of benzene rings is 2. The van der Waals surface area contributed by atoms with Gasteiger partial charge in [0.05, 0.1) is 32.7 Å². The van der Waals surface area contributed by atoms with E-state index in [2.05, 4.69) is 49.7 Å². The van der Waals surface area contributed by atoms with Crippen molar-refractivity contribution in [1.82, 2.24) is 29.5 Å². The molecule has 0 amide bonds. The van der Waals surface area contributed by atoms with Gasteiger partial charge in [0, 0.05) is 31.2 Å². The Morgan fingerprint density at radius 3 is 2.21 bits per heavy atom. The lowest BCUT2D eigenvalue weighted by molar-refractivity contribution is 0.393. The van der Waals surface area contributed by atoms with E-state index >= 15 is 0 Å². The van der Waals surface area contributed by atoms with Gasteiger partial charge in [-0.25, -0.2) is 9.97 Å². The van der Waals surface area contributed by atoms with Gasteiger partial charge >= 0.3 is 0 Å². The summed E-state index contributed by atoms with van der Waals surface area (Å²) in [6.45, 7) is 1.95. The minimum atomic E-state index is 0.558. The van der Waals surface area contributed by atoms with Crippen LogP contribution in [0.15, 0.2) is 73.4 Å². The molecule has 0 saturated carbocycles. The molecule has 5 rings (SSSR count). The van der Waals surface area contributed by atoms with E-state index in [1.807, 2.05) is 46.0 Å². The van der Waals surface area contributed by atoms with E-state index in [1.54, 1.807) is 20.4 Å². The largest absolute Gasteiger partial charge is 0.497 e. The summed E-state index contributed by atoms with van der Waals surface area (Å²) in [5, 5.41) is 13.1. The predicted octanol–water partition coefficient (Wildman–Crippen LogP) is 3.75. The van der Waals surface area contributed by atoms with Crippen molar-refractivity contribution in [2.75, 3.05) is 19.5 Å². The molecule has 3 heterocycles. The molecular formula is C25H25N7O2. The number of fused-ring (bicyclic) bond motifs is 1. The van der Waals surface area contributed by atoms with Crippen LogP contribution in [-0.2, 0) is 19.6 Å². The minimum absolute atomic E-state index is 0.558. The van der Waals surface area contributed by atoms with Gasteiger partial charge in [0.2, 0.25) is 0 Å². The maximum Gasteiger partial charge on any atom is 0.186 e. The van der Waals surface area contributed by atoms with E-state index in [0.29, 0.717) is 18.7 Å². The molecule has 9 nitrogen and oxygen atoms in total. The van der Waals surface area contributed by atoms with Crippen LogP contribution in [-0.4, -0.2) is 43.7 Å². The van der Waals surface area contributed by atoms with Crippen LogP contribution in [0.25, 0.3) is 11.0 Å². The first kappa shape index (κ1) is 21.4. The van der Waals surface area contributed by atoms with Crippen molar-refractivity contribution in [3.63, 3.8) is 0 Å². The Morgan fingerprint density at radius 2 is 1.56 bits per heavy atom. The standard InChI is InChI=1S/C25H25N7O2/c1-33-21-10-20(11-22(12-21)34-2)13-26-24-23-16-32(30-25(23)28-17-27-24)15-19-6-4-18(5-7-19)14-31-9-3-8-29-31/h3-12,16-17H,13-15H2,1-2H3,(H,26,27,28,30). The summed E-state index contributed by atoms with van der Waals surface area (Å²) in [7, 11) is 3.28. The number of anilines is 1. The zero-order chi connectivity index (χ0) is 23.3. The molecule has 1 N–H and O–H groups in total. The quantitative estimate of drug-likeness (QED) is 0.362. The highest BCUT2D eigenvalue weighted by atomic mass is 16.5. The first-order valence-electron chi connectivity index (χ1n) is 10.9. The van der Waals surface area contributed by atoms with Gasteiger partial charge in [0.25, 0.3) is 0 Å². The average Bonchev–Trinajstić information content (AvgIpc) is 3.53. The molecule has 0 atom stereocenters. The number of hydrogen-bond acceptors (Lipinski definition) is 7. The van der Waals surface area contributed by atoms with Gasteiger partial charge < -0.3 is 14.8 Å². The number of nitrogens with one attached hydrogen (secondary N) is 1. The van der Waals surface area contributed by atoms with E-state index in [9.17, 15) is 0 Å². The summed E-state index contributed by atoms with van der Waals surface area (Å²) < 4.78 is 14.5. The second kappa shape index (κ2) is 9.62. The van der Waals surface area contributed by atoms with E-state index in [-0.39, 0.29) is 0 Å². The molecule has 3 aromatic heterocycles. The zero-order valence-corrected chi connectivity index (χ0v) is 19.0. The maximum atomic E-state index is 5.36. The Kier molecular flexibility index (Phi) is 6.07. The lowest BCUT2D eigenvalue weighted by atomic mass is 10.1. The van der Waals surface area contributed by atoms with Crippen LogP contribution in [0.1, 0.15) is 16.7 Å². The molecular weight excluding hydrogens is 430 g/mol. The molecule has 0 radical (unpaired) electrons. The topological polar surface area (TPSA) is 91.9 Å². The molecule has 34 heavy (non-hydrogen) atoms. The van der Waals surface area contributed by atoms with Crippen LogP contribution in [0.5, 0.6) is 11.5 Å². The molecule has 0 saturated heterocycles. The summed E-state index contributed by atoms with van der Waals surface area (Å²) in [6, 6.07) is 16.2. The first-order chi connectivity index (χ1) is 16.7. The Balaban J connectivity index is 1.30. The molecule has 0 aliphatic carbocycles. The number of hydrogen-bond donors (Lipinski definition) is 1. The molecule has 0 spiro atoms.